The third kappa shape index (κ3) is 3.18. The number of nitriles is 3. The van der Waals surface area contributed by atoms with E-state index >= 15 is 0 Å². The first-order valence-corrected chi connectivity index (χ1v) is 8.87. The Balaban J connectivity index is 2.11. The molecule has 1 aromatic rings. The number of rotatable bonds is 2. The average molecular weight is 387 g/mol. The van der Waals surface area contributed by atoms with Crippen molar-refractivity contribution < 1.29 is 13.4 Å². The minimum absolute atomic E-state index is 0.0335. The number of nitrogens with zero attached hydrogens (tertiary/aromatic N) is 4. The van der Waals surface area contributed by atoms with Crippen molar-refractivity contribution in [3.05, 3.63) is 76.4 Å². The number of allylic oxidation sites excluding steroid dienone is 8. The second kappa shape index (κ2) is 7.30. The number of hydrogen-bond donors (Lipinski definition) is 0. The third-order valence-corrected chi connectivity index (χ3v) is 5.34. The van der Waals surface area contributed by atoms with E-state index in [0.717, 1.165) is 29.1 Å². The highest BCUT2D eigenvalue weighted by atomic mass is 19.1. The minimum atomic E-state index is -1.22. The van der Waals surface area contributed by atoms with Gasteiger partial charge in [-0.3, -0.25) is 0 Å². The number of para-hydroxylation sites is 1. The van der Waals surface area contributed by atoms with Crippen molar-refractivity contribution in [2.24, 2.45) is 5.92 Å². The predicted octanol–water partition coefficient (Wildman–Crippen LogP) is 4.82. The Kier molecular flexibility index (Phi) is 5.02. The van der Waals surface area contributed by atoms with Gasteiger partial charge in [0, 0.05) is 28.9 Å². The molecule has 0 saturated heterocycles. The zero-order valence-electron chi connectivity index (χ0n) is 16.2. The summed E-state index contributed by atoms with van der Waals surface area (Å²) in [6.07, 6.45) is 3.34. The van der Waals surface area contributed by atoms with Crippen LogP contribution in [0.2, 0.25) is 0 Å². The summed E-state index contributed by atoms with van der Waals surface area (Å²) < 4.78 is 31.2. The van der Waals surface area contributed by atoms with Gasteiger partial charge in [0.2, 0.25) is 5.69 Å². The molecule has 3 rings (SSSR count). The highest BCUT2D eigenvalue weighted by Crippen LogP contribution is 2.40. The summed E-state index contributed by atoms with van der Waals surface area (Å²) >= 11 is 0. The molecule has 2 aliphatic rings. The maximum absolute atomic E-state index is 14.8. The number of fused-ring (bicyclic) bond motifs is 1. The number of benzene rings is 1. The van der Waals surface area contributed by atoms with Crippen molar-refractivity contribution in [3.8, 4) is 18.2 Å². The lowest BCUT2D eigenvalue weighted by atomic mass is 9.80. The van der Waals surface area contributed by atoms with Crippen LogP contribution < -0.4 is 0 Å². The van der Waals surface area contributed by atoms with Crippen LogP contribution >= 0.6 is 0 Å². The van der Waals surface area contributed by atoms with Crippen molar-refractivity contribution >= 4 is 11.4 Å². The number of halogens is 2. The van der Waals surface area contributed by atoms with E-state index in [2.05, 4.69) is 0 Å². The zero-order valence-corrected chi connectivity index (χ0v) is 16.2. The van der Waals surface area contributed by atoms with Crippen LogP contribution in [0.4, 0.5) is 14.5 Å². The van der Waals surface area contributed by atoms with Crippen LogP contribution in [0.15, 0.2) is 70.9 Å². The molecule has 1 heterocycles. The summed E-state index contributed by atoms with van der Waals surface area (Å²) in [5.74, 6) is -2.92. The minimum Gasteiger partial charge on any atom is -0.211 e. The zero-order chi connectivity index (χ0) is 21.3. The van der Waals surface area contributed by atoms with E-state index in [-0.39, 0.29) is 5.57 Å². The quantitative estimate of drug-likeness (QED) is 0.539. The van der Waals surface area contributed by atoms with Crippen molar-refractivity contribution in [2.45, 2.75) is 19.3 Å². The van der Waals surface area contributed by atoms with Crippen molar-refractivity contribution in [3.63, 3.8) is 0 Å². The molecule has 0 fully saturated rings. The van der Waals surface area contributed by atoms with Crippen LogP contribution in [0.1, 0.15) is 19.4 Å². The molecule has 0 amide bonds. The van der Waals surface area contributed by atoms with E-state index in [9.17, 15) is 14.0 Å². The molecule has 1 atom stereocenters. The maximum Gasteiger partial charge on any atom is 0.209 e. The molecule has 0 spiro atoms. The summed E-state index contributed by atoms with van der Waals surface area (Å²) in [5, 5.41) is 27.5. The lowest BCUT2D eigenvalue weighted by Crippen LogP contribution is -2.27. The standard InChI is InChI=1S/C23H17F2N4/c1-23(2)18-6-4-5-7-21(18)29(3)22(23)8-14(11-26)16-9-20(25)17(10-19(16)24)15(12-27)13-28/h4-10,16H,1-3H3/q+1/b14-8+. The fraction of sp³-hybridized carbons (Fsp3) is 0.217. The van der Waals surface area contributed by atoms with E-state index in [0.29, 0.717) is 0 Å². The van der Waals surface area contributed by atoms with Gasteiger partial charge in [-0.1, -0.05) is 18.2 Å². The summed E-state index contributed by atoms with van der Waals surface area (Å²) in [7, 11) is 1.87. The van der Waals surface area contributed by atoms with Crippen molar-refractivity contribution in [2.75, 3.05) is 7.05 Å². The van der Waals surface area contributed by atoms with E-state index in [1.54, 1.807) is 18.2 Å². The molecule has 142 valence electrons. The van der Waals surface area contributed by atoms with Crippen LogP contribution in [-0.2, 0) is 5.41 Å². The summed E-state index contributed by atoms with van der Waals surface area (Å²) in [4.78, 5) is 0. The van der Waals surface area contributed by atoms with Gasteiger partial charge >= 0.3 is 0 Å². The van der Waals surface area contributed by atoms with Gasteiger partial charge in [-0.05, 0) is 26.0 Å². The normalized spacial score (nSPS) is 20.1. The lowest BCUT2D eigenvalue weighted by molar-refractivity contribution is -0.401. The first-order chi connectivity index (χ1) is 13.8. The molecule has 6 heteroatoms. The van der Waals surface area contributed by atoms with Gasteiger partial charge < -0.3 is 0 Å². The molecule has 1 aliphatic carbocycles. The van der Waals surface area contributed by atoms with Crippen LogP contribution in [0.5, 0.6) is 0 Å². The fourth-order valence-corrected chi connectivity index (χ4v) is 3.79. The SMILES string of the molecule is C[N+]1=C(/C=C(\C#N)C2C=C(F)C(=C(C#N)C#N)C=C2F)C(C)(C)c2ccccc21. The molecule has 1 aromatic carbocycles. The number of hydrogen-bond acceptors (Lipinski definition) is 3. The maximum atomic E-state index is 14.8. The molecule has 0 saturated carbocycles. The van der Waals surface area contributed by atoms with Crippen molar-refractivity contribution in [1.29, 1.82) is 15.8 Å². The molecular formula is C23H17F2N4+. The Hall–Kier alpha value is -3.82. The molecular weight excluding hydrogens is 370 g/mol. The summed E-state index contributed by atoms with van der Waals surface area (Å²) in [5.41, 5.74) is 1.53. The second-order valence-electron chi connectivity index (χ2n) is 7.33. The van der Waals surface area contributed by atoms with Crippen LogP contribution in [0, 0.1) is 39.9 Å². The Morgan fingerprint density at radius 2 is 1.76 bits per heavy atom. The topological polar surface area (TPSA) is 74.4 Å². The Labute approximate surface area is 167 Å². The molecule has 0 bridgehead atoms. The molecule has 1 aliphatic heterocycles. The molecule has 1 unspecified atom stereocenters. The van der Waals surface area contributed by atoms with Crippen molar-refractivity contribution in [1.82, 2.24) is 0 Å². The molecule has 0 radical (unpaired) electrons. The van der Waals surface area contributed by atoms with Gasteiger partial charge in [-0.25, -0.2) is 8.78 Å². The Morgan fingerprint density at radius 3 is 2.34 bits per heavy atom. The van der Waals surface area contributed by atoms with Gasteiger partial charge in [0.25, 0.3) is 0 Å². The van der Waals surface area contributed by atoms with Crippen LogP contribution in [0.3, 0.4) is 0 Å². The van der Waals surface area contributed by atoms with Gasteiger partial charge in [0.05, 0.1) is 17.4 Å². The molecule has 4 nitrogen and oxygen atoms in total. The smallest absolute Gasteiger partial charge is 0.209 e. The monoisotopic (exact) mass is 387 g/mol. The average Bonchev–Trinajstić information content (AvgIpc) is 2.90. The third-order valence-electron chi connectivity index (χ3n) is 5.34. The van der Waals surface area contributed by atoms with E-state index in [4.69, 9.17) is 10.5 Å². The van der Waals surface area contributed by atoms with Crippen LogP contribution in [0.25, 0.3) is 0 Å². The molecule has 0 N–H and O–H groups in total. The van der Waals surface area contributed by atoms with E-state index < -0.39 is 34.1 Å². The fourth-order valence-electron chi connectivity index (χ4n) is 3.79. The second-order valence-corrected chi connectivity index (χ2v) is 7.33. The van der Waals surface area contributed by atoms with Gasteiger partial charge in [-0.15, -0.1) is 0 Å². The van der Waals surface area contributed by atoms with E-state index in [1.807, 2.05) is 55.8 Å². The predicted molar refractivity (Wildman–Crippen MR) is 104 cm³/mol. The molecule has 29 heavy (non-hydrogen) atoms. The highest BCUT2D eigenvalue weighted by molar-refractivity contribution is 6.03. The first kappa shape index (κ1) is 19.9. The van der Waals surface area contributed by atoms with Gasteiger partial charge in [-0.2, -0.15) is 20.4 Å². The molecule has 0 aromatic heterocycles. The summed E-state index contributed by atoms with van der Waals surface area (Å²) in [6.45, 7) is 4.01. The summed E-state index contributed by atoms with van der Waals surface area (Å²) in [6, 6.07) is 12.9. The Bertz CT molecular complexity index is 1170. The first-order valence-electron chi connectivity index (χ1n) is 8.87. The highest BCUT2D eigenvalue weighted by Gasteiger charge is 2.43. The van der Waals surface area contributed by atoms with Gasteiger partial charge in [0.15, 0.2) is 5.71 Å². The largest absolute Gasteiger partial charge is 0.211 e. The lowest BCUT2D eigenvalue weighted by Gasteiger charge is -2.18. The van der Waals surface area contributed by atoms with Gasteiger partial charge in [0.1, 0.15) is 36.4 Å². The Morgan fingerprint density at radius 1 is 1.10 bits per heavy atom. The van der Waals surface area contributed by atoms with Crippen LogP contribution in [-0.4, -0.2) is 17.3 Å². The van der Waals surface area contributed by atoms with E-state index in [1.165, 1.54) is 0 Å².